The predicted molar refractivity (Wildman–Crippen MR) is 63.7 cm³/mol. The quantitative estimate of drug-likeness (QED) is 0.845. The average molecular weight is 270 g/mol. The summed E-state index contributed by atoms with van der Waals surface area (Å²) in [6, 6.07) is 7.26. The number of amides is 1. The smallest absolute Gasteiger partial charge is 0.416 e. The Morgan fingerprint density at radius 3 is 2.73 bits per heavy atom. The van der Waals surface area contributed by atoms with Crippen molar-refractivity contribution in [3.8, 4) is 0 Å². The molecular formula is C11H12BrNO2. The number of anilines is 1. The van der Waals surface area contributed by atoms with Crippen molar-refractivity contribution in [1.29, 1.82) is 0 Å². The Kier molecular flexibility index (Phi) is 4.90. The van der Waals surface area contributed by atoms with E-state index in [0.29, 0.717) is 5.69 Å². The third-order valence-electron chi connectivity index (χ3n) is 1.60. The van der Waals surface area contributed by atoms with Crippen LogP contribution >= 0.6 is 15.9 Å². The van der Waals surface area contributed by atoms with Crippen LogP contribution in [0.5, 0.6) is 0 Å². The maximum Gasteiger partial charge on any atom is 0.416 e. The first-order valence-electron chi connectivity index (χ1n) is 4.60. The van der Waals surface area contributed by atoms with Crippen molar-refractivity contribution in [2.75, 3.05) is 5.32 Å². The molecule has 80 valence electrons. The Balaban J connectivity index is 2.44. The first kappa shape index (κ1) is 11.8. The SMILES string of the molecule is CCC=COC(=O)Nc1ccc(Br)cc1. The standard InChI is InChI=1S/C11H12BrNO2/c1-2-3-8-15-11(14)13-10-6-4-9(12)5-7-10/h3-8H,2H2,1H3,(H,13,14). The van der Waals surface area contributed by atoms with E-state index in [2.05, 4.69) is 21.2 Å². The molecule has 0 radical (unpaired) electrons. The monoisotopic (exact) mass is 269 g/mol. The van der Waals surface area contributed by atoms with Crippen LogP contribution in [0.4, 0.5) is 10.5 Å². The fourth-order valence-corrected chi connectivity index (χ4v) is 1.15. The van der Waals surface area contributed by atoms with Crippen LogP contribution in [0, 0.1) is 0 Å². The minimum absolute atomic E-state index is 0.484. The minimum Gasteiger partial charge on any atom is -0.418 e. The topological polar surface area (TPSA) is 38.3 Å². The number of carbonyl (C=O) groups excluding carboxylic acids is 1. The summed E-state index contributed by atoms with van der Waals surface area (Å²) in [6.45, 7) is 1.96. The van der Waals surface area contributed by atoms with Crippen LogP contribution in [-0.2, 0) is 4.74 Å². The third kappa shape index (κ3) is 4.65. The lowest BCUT2D eigenvalue weighted by Gasteiger charge is -2.03. The second-order valence-corrected chi connectivity index (χ2v) is 3.73. The summed E-state index contributed by atoms with van der Waals surface area (Å²) in [5, 5.41) is 2.59. The first-order chi connectivity index (χ1) is 7.22. The van der Waals surface area contributed by atoms with E-state index in [-0.39, 0.29) is 0 Å². The van der Waals surface area contributed by atoms with Gasteiger partial charge in [-0.15, -0.1) is 0 Å². The highest BCUT2D eigenvalue weighted by Gasteiger charge is 1.99. The van der Waals surface area contributed by atoms with Crippen LogP contribution in [0.1, 0.15) is 13.3 Å². The summed E-state index contributed by atoms with van der Waals surface area (Å²) in [6.07, 6.45) is 3.50. The highest BCUT2D eigenvalue weighted by molar-refractivity contribution is 9.10. The summed E-state index contributed by atoms with van der Waals surface area (Å²) in [5.41, 5.74) is 0.702. The highest BCUT2D eigenvalue weighted by Crippen LogP contribution is 2.14. The number of nitrogens with one attached hydrogen (secondary N) is 1. The number of rotatable bonds is 3. The molecule has 1 N–H and O–H groups in total. The molecule has 15 heavy (non-hydrogen) atoms. The molecule has 1 aromatic rings. The van der Waals surface area contributed by atoms with E-state index in [1.54, 1.807) is 18.2 Å². The van der Waals surface area contributed by atoms with E-state index in [1.165, 1.54) is 6.26 Å². The first-order valence-corrected chi connectivity index (χ1v) is 5.40. The van der Waals surface area contributed by atoms with Gasteiger partial charge in [-0.1, -0.05) is 22.9 Å². The van der Waals surface area contributed by atoms with Gasteiger partial charge in [0.15, 0.2) is 0 Å². The minimum atomic E-state index is -0.484. The fraction of sp³-hybridized carbons (Fsp3) is 0.182. The number of hydrogen-bond acceptors (Lipinski definition) is 2. The number of allylic oxidation sites excluding steroid dienone is 1. The van der Waals surface area contributed by atoms with Gasteiger partial charge in [0.2, 0.25) is 0 Å². The number of carbonyl (C=O) groups is 1. The van der Waals surface area contributed by atoms with E-state index < -0.39 is 6.09 Å². The largest absolute Gasteiger partial charge is 0.418 e. The lowest BCUT2D eigenvalue weighted by Crippen LogP contribution is -2.10. The van der Waals surface area contributed by atoms with Crippen molar-refractivity contribution in [2.45, 2.75) is 13.3 Å². The third-order valence-corrected chi connectivity index (χ3v) is 2.13. The van der Waals surface area contributed by atoms with Crippen molar-refractivity contribution < 1.29 is 9.53 Å². The van der Waals surface area contributed by atoms with E-state index in [9.17, 15) is 4.79 Å². The summed E-state index contributed by atoms with van der Waals surface area (Å²) in [4.78, 5) is 11.2. The maximum atomic E-state index is 11.2. The van der Waals surface area contributed by atoms with Gasteiger partial charge in [0.1, 0.15) is 0 Å². The van der Waals surface area contributed by atoms with Crippen molar-refractivity contribution >= 4 is 27.7 Å². The van der Waals surface area contributed by atoms with Gasteiger partial charge in [-0.2, -0.15) is 0 Å². The van der Waals surface area contributed by atoms with Crippen LogP contribution in [0.3, 0.4) is 0 Å². The number of hydrogen-bond donors (Lipinski definition) is 1. The highest BCUT2D eigenvalue weighted by atomic mass is 79.9. The number of benzene rings is 1. The van der Waals surface area contributed by atoms with Gasteiger partial charge in [-0.25, -0.2) is 4.79 Å². The second kappa shape index (κ2) is 6.24. The molecule has 0 saturated heterocycles. The zero-order chi connectivity index (χ0) is 11.1. The molecule has 0 aromatic heterocycles. The van der Waals surface area contributed by atoms with E-state index in [4.69, 9.17) is 4.74 Å². The van der Waals surface area contributed by atoms with Crippen molar-refractivity contribution in [1.82, 2.24) is 0 Å². The predicted octanol–water partition coefficient (Wildman–Crippen LogP) is 3.92. The summed E-state index contributed by atoms with van der Waals surface area (Å²) < 4.78 is 5.74. The van der Waals surface area contributed by atoms with Gasteiger partial charge in [0.25, 0.3) is 0 Å². The Morgan fingerprint density at radius 1 is 1.47 bits per heavy atom. The van der Waals surface area contributed by atoms with E-state index >= 15 is 0 Å². The van der Waals surface area contributed by atoms with Gasteiger partial charge in [-0.3, -0.25) is 5.32 Å². The van der Waals surface area contributed by atoms with Crippen LogP contribution in [0.2, 0.25) is 0 Å². The fourth-order valence-electron chi connectivity index (χ4n) is 0.887. The summed E-state index contributed by atoms with van der Waals surface area (Å²) in [5.74, 6) is 0. The van der Waals surface area contributed by atoms with E-state index in [0.717, 1.165) is 10.9 Å². The normalized spacial score (nSPS) is 10.3. The molecule has 1 amide bonds. The molecule has 0 spiro atoms. The lowest BCUT2D eigenvalue weighted by molar-refractivity contribution is 0.201. The molecule has 1 rings (SSSR count). The van der Waals surface area contributed by atoms with Gasteiger partial charge in [-0.05, 0) is 36.8 Å². The molecule has 4 heteroatoms. The molecule has 0 bridgehead atoms. The molecular weight excluding hydrogens is 258 g/mol. The van der Waals surface area contributed by atoms with Crippen molar-refractivity contribution in [3.63, 3.8) is 0 Å². The van der Waals surface area contributed by atoms with Gasteiger partial charge < -0.3 is 4.74 Å². The van der Waals surface area contributed by atoms with Crippen LogP contribution in [0.25, 0.3) is 0 Å². The number of ether oxygens (including phenoxy) is 1. The Morgan fingerprint density at radius 2 is 2.13 bits per heavy atom. The molecule has 0 heterocycles. The number of halogens is 1. The zero-order valence-electron chi connectivity index (χ0n) is 8.37. The Labute approximate surface area is 97.3 Å². The van der Waals surface area contributed by atoms with Crippen LogP contribution < -0.4 is 5.32 Å². The maximum absolute atomic E-state index is 11.2. The summed E-state index contributed by atoms with van der Waals surface area (Å²) >= 11 is 3.31. The molecule has 0 aliphatic carbocycles. The lowest BCUT2D eigenvalue weighted by atomic mass is 10.3. The molecule has 0 aliphatic rings. The molecule has 0 fully saturated rings. The zero-order valence-corrected chi connectivity index (χ0v) is 9.95. The van der Waals surface area contributed by atoms with Gasteiger partial charge in [0, 0.05) is 10.2 Å². The molecule has 0 unspecified atom stereocenters. The molecule has 3 nitrogen and oxygen atoms in total. The van der Waals surface area contributed by atoms with Gasteiger partial charge >= 0.3 is 6.09 Å². The van der Waals surface area contributed by atoms with E-state index in [1.807, 2.05) is 19.1 Å². The second-order valence-electron chi connectivity index (χ2n) is 2.82. The van der Waals surface area contributed by atoms with Crippen LogP contribution in [0.15, 0.2) is 41.1 Å². The Hall–Kier alpha value is -1.29. The summed E-state index contributed by atoms with van der Waals surface area (Å²) in [7, 11) is 0. The van der Waals surface area contributed by atoms with Gasteiger partial charge in [0.05, 0.1) is 6.26 Å². The average Bonchev–Trinajstić information content (AvgIpc) is 2.22. The molecule has 0 atom stereocenters. The van der Waals surface area contributed by atoms with Crippen molar-refractivity contribution in [3.05, 3.63) is 41.1 Å². The molecule has 1 aromatic carbocycles. The Bertz CT molecular complexity index is 346. The molecule has 0 saturated carbocycles. The van der Waals surface area contributed by atoms with Crippen molar-refractivity contribution in [2.24, 2.45) is 0 Å². The van der Waals surface area contributed by atoms with Crippen LogP contribution in [-0.4, -0.2) is 6.09 Å². The molecule has 0 aliphatic heterocycles.